The van der Waals surface area contributed by atoms with Crippen molar-refractivity contribution in [1.82, 2.24) is 4.98 Å². The molecule has 0 saturated carbocycles. The van der Waals surface area contributed by atoms with E-state index in [1.165, 1.54) is 22.6 Å². The molecule has 1 nitrogen and oxygen atoms in total. The molecule has 0 amide bonds. The lowest BCUT2D eigenvalue weighted by Crippen LogP contribution is -2.13. The summed E-state index contributed by atoms with van der Waals surface area (Å²) >= 11 is 1.30. The number of aromatic nitrogens is 1. The van der Waals surface area contributed by atoms with Gasteiger partial charge in [0.05, 0.1) is 5.56 Å². The number of alkyl halides is 6. The summed E-state index contributed by atoms with van der Waals surface area (Å²) in [6, 6.07) is 0.540. The average Bonchev–Trinajstić information content (AvgIpc) is 1.99. The number of hydrogen-bond donors (Lipinski definition) is 0. The summed E-state index contributed by atoms with van der Waals surface area (Å²) in [7, 11) is 0. The van der Waals surface area contributed by atoms with E-state index in [4.69, 9.17) is 0 Å². The molecular formula is C7H2F6IN. The van der Waals surface area contributed by atoms with E-state index in [1.54, 1.807) is 0 Å². The average molecular weight is 341 g/mol. The van der Waals surface area contributed by atoms with Crippen LogP contribution in [0.1, 0.15) is 11.3 Å². The van der Waals surface area contributed by atoms with E-state index in [2.05, 4.69) is 4.98 Å². The quantitative estimate of drug-likeness (QED) is 0.398. The summed E-state index contributed by atoms with van der Waals surface area (Å²) in [5.74, 6) is 0. The van der Waals surface area contributed by atoms with Crippen LogP contribution in [0.5, 0.6) is 0 Å². The molecule has 0 fully saturated rings. The number of rotatable bonds is 0. The molecule has 0 aliphatic carbocycles. The molecule has 0 aromatic carbocycles. The van der Waals surface area contributed by atoms with Crippen LogP contribution < -0.4 is 0 Å². The molecule has 0 N–H and O–H groups in total. The fourth-order valence-corrected chi connectivity index (χ4v) is 1.40. The molecule has 0 atom stereocenters. The lowest BCUT2D eigenvalue weighted by Gasteiger charge is -2.10. The molecule has 0 radical (unpaired) electrons. The molecule has 0 aliphatic rings. The standard InChI is InChI=1S/C7H2F6IN/c8-6(9,10)3-1-4(7(11,12)13)15-5(14)2-3/h1-2H. The first-order valence-electron chi connectivity index (χ1n) is 3.42. The zero-order valence-electron chi connectivity index (χ0n) is 6.75. The first kappa shape index (κ1) is 12.5. The zero-order chi connectivity index (χ0) is 11.9. The maximum atomic E-state index is 12.1. The second-order valence-corrected chi connectivity index (χ2v) is 3.66. The lowest BCUT2D eigenvalue weighted by molar-refractivity contribution is -0.145. The van der Waals surface area contributed by atoms with Crippen molar-refractivity contribution in [3.8, 4) is 0 Å². The van der Waals surface area contributed by atoms with E-state index in [1.807, 2.05) is 0 Å². The summed E-state index contributed by atoms with van der Waals surface area (Å²) in [6.07, 6.45) is -9.68. The van der Waals surface area contributed by atoms with E-state index < -0.39 is 23.6 Å². The smallest absolute Gasteiger partial charge is 0.237 e. The van der Waals surface area contributed by atoms with Crippen molar-refractivity contribution in [2.24, 2.45) is 0 Å². The normalized spacial score (nSPS) is 13.0. The topological polar surface area (TPSA) is 12.9 Å². The van der Waals surface area contributed by atoms with Gasteiger partial charge in [-0.1, -0.05) is 0 Å². The van der Waals surface area contributed by atoms with E-state index >= 15 is 0 Å². The number of hydrogen-bond acceptors (Lipinski definition) is 1. The predicted octanol–water partition coefficient (Wildman–Crippen LogP) is 3.72. The van der Waals surface area contributed by atoms with Crippen LogP contribution in [-0.2, 0) is 12.4 Å². The largest absolute Gasteiger partial charge is 0.433 e. The Morgan fingerprint density at radius 3 is 1.87 bits per heavy atom. The van der Waals surface area contributed by atoms with Crippen molar-refractivity contribution >= 4 is 22.6 Å². The van der Waals surface area contributed by atoms with Gasteiger partial charge in [0.15, 0.2) is 0 Å². The molecule has 15 heavy (non-hydrogen) atoms. The van der Waals surface area contributed by atoms with E-state index in [9.17, 15) is 26.3 Å². The Bertz CT molecular complexity index is 336. The third kappa shape index (κ3) is 3.21. The minimum absolute atomic E-state index is 0.0117. The molecule has 84 valence electrons. The van der Waals surface area contributed by atoms with Gasteiger partial charge in [0.2, 0.25) is 0 Å². The molecule has 8 heteroatoms. The SMILES string of the molecule is FC(F)(F)c1cc(I)nc(C(F)(F)F)c1. The van der Waals surface area contributed by atoms with Crippen molar-refractivity contribution in [2.45, 2.75) is 12.4 Å². The van der Waals surface area contributed by atoms with Gasteiger partial charge in [-0.2, -0.15) is 26.3 Å². The van der Waals surface area contributed by atoms with Crippen LogP contribution in [0.15, 0.2) is 12.1 Å². The first-order chi connectivity index (χ1) is 6.60. The number of pyridine rings is 1. The molecule has 0 aliphatic heterocycles. The number of halogens is 7. The molecule has 1 aromatic rings. The zero-order valence-corrected chi connectivity index (χ0v) is 8.91. The third-order valence-electron chi connectivity index (χ3n) is 1.41. The van der Waals surface area contributed by atoms with Crippen LogP contribution in [0.25, 0.3) is 0 Å². The van der Waals surface area contributed by atoms with Gasteiger partial charge in [0.25, 0.3) is 0 Å². The van der Waals surface area contributed by atoms with Crippen LogP contribution >= 0.6 is 22.6 Å². The fraction of sp³-hybridized carbons (Fsp3) is 0.286. The molecule has 0 spiro atoms. The Morgan fingerprint density at radius 2 is 1.47 bits per heavy atom. The molecule has 0 bridgehead atoms. The highest BCUT2D eigenvalue weighted by molar-refractivity contribution is 14.1. The summed E-state index contributed by atoms with van der Waals surface area (Å²) in [5, 5.41) is 0. The Morgan fingerprint density at radius 1 is 0.933 bits per heavy atom. The van der Waals surface area contributed by atoms with Gasteiger partial charge in [-0.15, -0.1) is 0 Å². The Kier molecular flexibility index (Phi) is 3.17. The maximum absolute atomic E-state index is 12.1. The summed E-state index contributed by atoms with van der Waals surface area (Å²) in [4.78, 5) is 2.98. The van der Waals surface area contributed by atoms with Crippen molar-refractivity contribution in [3.63, 3.8) is 0 Å². The fourth-order valence-electron chi connectivity index (χ4n) is 0.806. The van der Waals surface area contributed by atoms with Gasteiger partial charge in [-0.25, -0.2) is 4.98 Å². The van der Waals surface area contributed by atoms with Crippen LogP contribution in [0.3, 0.4) is 0 Å². The predicted molar refractivity (Wildman–Crippen MR) is 47.0 cm³/mol. The Balaban J connectivity index is 3.30. The van der Waals surface area contributed by atoms with Crippen molar-refractivity contribution in [2.75, 3.05) is 0 Å². The molecule has 1 rings (SSSR count). The lowest BCUT2D eigenvalue weighted by atomic mass is 10.2. The van der Waals surface area contributed by atoms with E-state index in [-0.39, 0.29) is 9.77 Å². The van der Waals surface area contributed by atoms with Crippen LogP contribution in [-0.4, -0.2) is 4.98 Å². The van der Waals surface area contributed by atoms with Gasteiger partial charge in [-0.05, 0) is 34.7 Å². The van der Waals surface area contributed by atoms with Gasteiger partial charge in [0.1, 0.15) is 9.39 Å². The Hall–Kier alpha value is -0.540. The van der Waals surface area contributed by atoms with Gasteiger partial charge < -0.3 is 0 Å². The Labute approximate surface area is 93.6 Å². The van der Waals surface area contributed by atoms with Gasteiger partial charge in [-0.3, -0.25) is 0 Å². The van der Waals surface area contributed by atoms with Gasteiger partial charge >= 0.3 is 12.4 Å². The molecule has 0 saturated heterocycles. The van der Waals surface area contributed by atoms with Gasteiger partial charge in [0, 0.05) is 0 Å². The van der Waals surface area contributed by atoms with Crippen LogP contribution in [0.4, 0.5) is 26.3 Å². The highest BCUT2D eigenvalue weighted by Gasteiger charge is 2.37. The molecule has 1 heterocycles. The van der Waals surface area contributed by atoms with Crippen LogP contribution in [0.2, 0.25) is 0 Å². The van der Waals surface area contributed by atoms with Crippen molar-refractivity contribution < 1.29 is 26.3 Å². The van der Waals surface area contributed by atoms with E-state index in [0.29, 0.717) is 6.07 Å². The third-order valence-corrected chi connectivity index (χ3v) is 1.96. The summed E-state index contributed by atoms with van der Waals surface area (Å²) in [5.41, 5.74) is -2.89. The second-order valence-electron chi connectivity index (χ2n) is 2.56. The second kappa shape index (κ2) is 3.80. The minimum atomic E-state index is -4.87. The van der Waals surface area contributed by atoms with Crippen LogP contribution in [0, 0.1) is 3.70 Å². The summed E-state index contributed by atoms with van der Waals surface area (Å²) in [6.45, 7) is 0. The highest BCUT2D eigenvalue weighted by Crippen LogP contribution is 2.34. The van der Waals surface area contributed by atoms with Crippen molar-refractivity contribution in [3.05, 3.63) is 27.1 Å². The molecular weight excluding hydrogens is 339 g/mol. The van der Waals surface area contributed by atoms with E-state index in [0.717, 1.165) is 0 Å². The molecule has 1 aromatic heterocycles. The van der Waals surface area contributed by atoms with Crippen molar-refractivity contribution in [1.29, 1.82) is 0 Å². The monoisotopic (exact) mass is 341 g/mol. The molecule has 0 unspecified atom stereocenters. The summed E-state index contributed by atoms with van der Waals surface area (Å²) < 4.78 is 72.4. The first-order valence-corrected chi connectivity index (χ1v) is 4.50. The minimum Gasteiger partial charge on any atom is -0.237 e. The number of nitrogens with zero attached hydrogens (tertiary/aromatic N) is 1. The maximum Gasteiger partial charge on any atom is 0.433 e. The highest BCUT2D eigenvalue weighted by atomic mass is 127.